The van der Waals surface area contributed by atoms with Crippen molar-refractivity contribution in [3.63, 3.8) is 0 Å². The highest BCUT2D eigenvalue weighted by Crippen LogP contribution is 2.38. The molecule has 3 atom stereocenters. The highest BCUT2D eigenvalue weighted by Gasteiger charge is 2.37. The van der Waals surface area contributed by atoms with Crippen LogP contribution < -0.4 is 4.72 Å². The Morgan fingerprint density at radius 2 is 1.76 bits per heavy atom. The number of ether oxygens (including phenoxy) is 1. The maximum atomic E-state index is 13.2. The zero-order chi connectivity index (χ0) is 39.6. The summed E-state index contributed by atoms with van der Waals surface area (Å²) < 4.78 is 30.2. The summed E-state index contributed by atoms with van der Waals surface area (Å²) in [6.07, 6.45) is 7.92. The summed E-state index contributed by atoms with van der Waals surface area (Å²) in [6.45, 7) is 25.9. The van der Waals surface area contributed by atoms with Crippen LogP contribution in [0.5, 0.6) is 0 Å². The number of allylic oxidation sites excluding steroid dienone is 1. The minimum absolute atomic E-state index is 0.0213. The molecule has 1 aliphatic heterocycles. The van der Waals surface area contributed by atoms with E-state index in [-0.39, 0.29) is 23.1 Å². The van der Waals surface area contributed by atoms with Gasteiger partial charge in [-0.3, -0.25) is 9.88 Å². The summed E-state index contributed by atoms with van der Waals surface area (Å²) in [5, 5.41) is 6.00. The Hall–Kier alpha value is -3.55. The molecule has 0 spiro atoms. The van der Waals surface area contributed by atoms with Gasteiger partial charge in [0, 0.05) is 41.0 Å². The molecule has 3 aromatic heterocycles. The fraction of sp³-hybridized carbons (Fsp3) is 0.524. The van der Waals surface area contributed by atoms with Crippen molar-refractivity contribution in [2.45, 2.75) is 136 Å². The SMILES string of the molecule is CCC[C@H](N[S@+]([O-])C(C)(C)C)c1cccc(-c2cc(C3C=CN(C(=O)OC(C)(C)C)CC3)c3cnn(-c4cccc(CO[Si](C)(C)C(C)(C)C)n4)c3c2)n1. The Bertz CT molecular complexity index is 1960. The van der Waals surface area contributed by atoms with E-state index in [1.165, 1.54) is 0 Å². The average molecular weight is 773 g/mol. The second kappa shape index (κ2) is 16.3. The lowest BCUT2D eigenvalue weighted by Crippen LogP contribution is -2.41. The van der Waals surface area contributed by atoms with Crippen LogP contribution in [0.2, 0.25) is 18.1 Å². The van der Waals surface area contributed by atoms with E-state index in [1.54, 1.807) is 4.90 Å². The van der Waals surface area contributed by atoms with E-state index >= 15 is 0 Å². The fourth-order valence-electron chi connectivity index (χ4n) is 5.98. The van der Waals surface area contributed by atoms with E-state index in [1.807, 2.05) is 95.0 Å². The molecule has 5 rings (SSSR count). The summed E-state index contributed by atoms with van der Waals surface area (Å²) in [4.78, 5) is 24.8. The topological polar surface area (TPSA) is 117 Å². The van der Waals surface area contributed by atoms with Gasteiger partial charge < -0.3 is 13.7 Å². The number of benzene rings is 1. The maximum Gasteiger partial charge on any atom is 0.414 e. The number of nitrogens with one attached hydrogen (secondary N) is 1. The molecule has 0 fully saturated rings. The maximum absolute atomic E-state index is 13.2. The predicted molar refractivity (Wildman–Crippen MR) is 222 cm³/mol. The van der Waals surface area contributed by atoms with Crippen LogP contribution in [-0.4, -0.2) is 60.5 Å². The predicted octanol–water partition coefficient (Wildman–Crippen LogP) is 10.1. The molecule has 0 radical (unpaired) electrons. The fourth-order valence-corrected chi connectivity index (χ4v) is 7.78. The molecule has 54 heavy (non-hydrogen) atoms. The lowest BCUT2D eigenvalue weighted by atomic mass is 9.89. The minimum atomic E-state index is -1.98. The molecule has 4 aromatic rings. The molecule has 292 valence electrons. The summed E-state index contributed by atoms with van der Waals surface area (Å²) in [7, 11) is -1.98. The van der Waals surface area contributed by atoms with Gasteiger partial charge in [0.15, 0.2) is 14.1 Å². The molecule has 0 bridgehead atoms. The standard InChI is InChI=1S/C42H60N6O4SSi/c1-13-16-36(46-53(50)41(5,6)7)35-19-15-18-34(45-35)30-25-32(29-21-23-47(24-22-29)39(49)52-40(2,3)4)33-27-43-48(37(33)26-30)38-20-14-17-31(44-38)28-51-54(11,12)42(8,9)10/h14-15,17-21,23,25-27,29,36,46H,13,16,22,24,28H2,1-12H3/t29?,36-,53+/m0/s1. The Morgan fingerprint density at radius 1 is 1.04 bits per heavy atom. The monoisotopic (exact) mass is 772 g/mol. The number of nitrogens with zero attached hydrogens (tertiary/aromatic N) is 5. The van der Waals surface area contributed by atoms with Crippen LogP contribution in [0.1, 0.15) is 117 Å². The molecule has 12 heteroatoms. The third-order valence-corrected chi connectivity index (χ3v) is 16.2. The average Bonchev–Trinajstić information content (AvgIpc) is 3.53. The number of pyridine rings is 2. The Morgan fingerprint density at radius 3 is 2.39 bits per heavy atom. The van der Waals surface area contributed by atoms with E-state index in [0.29, 0.717) is 25.4 Å². The van der Waals surface area contributed by atoms with Crippen molar-refractivity contribution < 1.29 is 18.5 Å². The normalized spacial score (nSPS) is 16.8. The lowest BCUT2D eigenvalue weighted by molar-refractivity contribution is 0.0324. The highest BCUT2D eigenvalue weighted by molar-refractivity contribution is 7.90. The number of rotatable bonds is 11. The van der Waals surface area contributed by atoms with Crippen LogP contribution in [0.25, 0.3) is 28.0 Å². The second-order valence-electron chi connectivity index (χ2n) is 17.8. The van der Waals surface area contributed by atoms with Gasteiger partial charge in [-0.2, -0.15) is 5.10 Å². The molecular formula is C42H60N6O4SSi. The third-order valence-electron chi connectivity index (χ3n) is 10.1. The zero-order valence-electron chi connectivity index (χ0n) is 34.3. The second-order valence-corrected chi connectivity index (χ2v) is 24.6. The number of hydrogen-bond acceptors (Lipinski definition) is 8. The van der Waals surface area contributed by atoms with Gasteiger partial charge in [0.1, 0.15) is 10.3 Å². The quantitative estimate of drug-likeness (QED) is 0.118. The number of carbonyl (C=O) groups excluding carboxylic acids is 1. The van der Waals surface area contributed by atoms with Crippen LogP contribution in [-0.2, 0) is 27.1 Å². The van der Waals surface area contributed by atoms with E-state index in [0.717, 1.165) is 52.0 Å². The van der Waals surface area contributed by atoms with Crippen LogP contribution in [0.15, 0.2) is 67.0 Å². The van der Waals surface area contributed by atoms with E-state index in [2.05, 4.69) is 63.7 Å². The first-order valence-corrected chi connectivity index (χ1v) is 23.2. The van der Waals surface area contributed by atoms with Gasteiger partial charge in [-0.25, -0.2) is 14.5 Å². The number of amides is 1. The molecule has 10 nitrogen and oxygen atoms in total. The summed E-state index contributed by atoms with van der Waals surface area (Å²) >= 11 is -1.25. The molecular weight excluding hydrogens is 713 g/mol. The minimum Gasteiger partial charge on any atom is -0.598 e. The van der Waals surface area contributed by atoms with Gasteiger partial charge >= 0.3 is 6.09 Å². The molecule has 0 saturated carbocycles. The van der Waals surface area contributed by atoms with Gasteiger partial charge in [0.05, 0.1) is 41.4 Å². The first kappa shape index (κ1) is 41.6. The summed E-state index contributed by atoms with van der Waals surface area (Å²) in [5.41, 5.74) is 4.88. The van der Waals surface area contributed by atoms with Gasteiger partial charge in [0.25, 0.3) is 0 Å². The molecule has 4 heterocycles. The van der Waals surface area contributed by atoms with Crippen LogP contribution >= 0.6 is 0 Å². The first-order chi connectivity index (χ1) is 25.2. The van der Waals surface area contributed by atoms with Crippen molar-refractivity contribution in [1.29, 1.82) is 0 Å². The number of aromatic nitrogens is 4. The number of carbonyl (C=O) groups is 1. The van der Waals surface area contributed by atoms with E-state index in [9.17, 15) is 9.35 Å². The Balaban J connectivity index is 1.58. The molecule has 1 aromatic carbocycles. The molecule has 1 amide bonds. The van der Waals surface area contributed by atoms with Gasteiger partial charge in [-0.1, -0.05) is 52.3 Å². The van der Waals surface area contributed by atoms with E-state index in [4.69, 9.17) is 24.2 Å². The Labute approximate surface area is 326 Å². The van der Waals surface area contributed by atoms with Crippen LogP contribution in [0.3, 0.4) is 0 Å². The molecule has 1 N–H and O–H groups in total. The lowest BCUT2D eigenvalue weighted by Gasteiger charge is -2.36. The number of hydrogen-bond donors (Lipinski definition) is 1. The van der Waals surface area contributed by atoms with Crippen molar-refractivity contribution in [2.75, 3.05) is 6.54 Å². The first-order valence-electron chi connectivity index (χ1n) is 19.1. The van der Waals surface area contributed by atoms with Crippen LogP contribution in [0, 0.1) is 0 Å². The molecule has 1 aliphatic rings. The van der Waals surface area contributed by atoms with Crippen molar-refractivity contribution in [1.82, 2.24) is 29.4 Å². The third kappa shape index (κ3) is 10.00. The van der Waals surface area contributed by atoms with Gasteiger partial charge in [-0.15, -0.1) is 4.72 Å². The molecule has 1 unspecified atom stereocenters. The van der Waals surface area contributed by atoms with E-state index < -0.39 is 30.0 Å². The largest absolute Gasteiger partial charge is 0.598 e. The van der Waals surface area contributed by atoms with Crippen LogP contribution in [0.4, 0.5) is 4.79 Å². The summed E-state index contributed by atoms with van der Waals surface area (Å²) in [6, 6.07) is 16.2. The van der Waals surface area contributed by atoms with Crippen molar-refractivity contribution in [3.05, 3.63) is 84.0 Å². The smallest absolute Gasteiger partial charge is 0.414 e. The molecule has 0 saturated heterocycles. The zero-order valence-corrected chi connectivity index (χ0v) is 36.1. The van der Waals surface area contributed by atoms with Gasteiger partial charge in [-0.05, 0) is 114 Å². The molecule has 0 aliphatic carbocycles. The van der Waals surface area contributed by atoms with Crippen molar-refractivity contribution in [2.24, 2.45) is 0 Å². The Kier molecular flexibility index (Phi) is 12.5. The van der Waals surface area contributed by atoms with Crippen molar-refractivity contribution in [3.8, 4) is 17.1 Å². The highest BCUT2D eigenvalue weighted by atomic mass is 32.2. The summed E-state index contributed by atoms with van der Waals surface area (Å²) in [5.74, 6) is 0.728. The number of fused-ring (bicyclic) bond motifs is 1. The van der Waals surface area contributed by atoms with Gasteiger partial charge in [0.2, 0.25) is 0 Å². The van der Waals surface area contributed by atoms with Crippen molar-refractivity contribution >= 4 is 36.7 Å².